The molecule has 1 heterocycles. The molecule has 80 valence electrons. The normalized spacial score (nSPS) is 12.2. The standard InChI is InChI=1S/C7H5ClFN3O2S/c8-3-1-2-4(9)6-5(3)7(12-11-6)15(10,13)14/h1-2H,(H,11,12)(H2,10,13,14). The second-order valence-corrected chi connectivity index (χ2v) is 4.76. The van der Waals surface area contributed by atoms with Crippen molar-refractivity contribution in [3.05, 3.63) is 23.0 Å². The van der Waals surface area contributed by atoms with E-state index in [2.05, 4.69) is 10.2 Å². The van der Waals surface area contributed by atoms with Gasteiger partial charge >= 0.3 is 0 Å². The SMILES string of the molecule is NS(=O)(=O)c1[nH]nc2c(F)ccc(Cl)c12. The molecule has 0 saturated carbocycles. The third-order valence-corrected chi connectivity index (χ3v) is 3.04. The van der Waals surface area contributed by atoms with Gasteiger partial charge in [-0.15, -0.1) is 0 Å². The van der Waals surface area contributed by atoms with Gasteiger partial charge in [-0.25, -0.2) is 17.9 Å². The zero-order valence-corrected chi connectivity index (χ0v) is 8.73. The fourth-order valence-corrected chi connectivity index (χ4v) is 2.20. The lowest BCUT2D eigenvalue weighted by Gasteiger charge is -1.97. The lowest BCUT2D eigenvalue weighted by Crippen LogP contribution is -2.13. The number of hydrogen-bond donors (Lipinski definition) is 2. The number of benzene rings is 1. The van der Waals surface area contributed by atoms with E-state index in [0.29, 0.717) is 0 Å². The van der Waals surface area contributed by atoms with E-state index in [-0.39, 0.29) is 21.0 Å². The van der Waals surface area contributed by atoms with Crippen molar-refractivity contribution in [3.8, 4) is 0 Å². The Hall–Kier alpha value is -1.18. The lowest BCUT2D eigenvalue weighted by molar-refractivity contribution is 0.594. The molecule has 2 rings (SSSR count). The Balaban J connectivity index is 2.98. The molecule has 0 atom stereocenters. The summed E-state index contributed by atoms with van der Waals surface area (Å²) in [6.07, 6.45) is 0. The lowest BCUT2D eigenvalue weighted by atomic mass is 10.2. The van der Waals surface area contributed by atoms with Crippen LogP contribution < -0.4 is 5.14 Å². The van der Waals surface area contributed by atoms with Gasteiger partial charge in [0.15, 0.2) is 10.8 Å². The van der Waals surface area contributed by atoms with Gasteiger partial charge in [0.2, 0.25) is 0 Å². The summed E-state index contributed by atoms with van der Waals surface area (Å²) in [5.41, 5.74) is -0.147. The molecule has 15 heavy (non-hydrogen) atoms. The molecule has 0 amide bonds. The summed E-state index contributed by atoms with van der Waals surface area (Å²) >= 11 is 5.73. The highest BCUT2D eigenvalue weighted by Gasteiger charge is 2.20. The summed E-state index contributed by atoms with van der Waals surface area (Å²) in [5.74, 6) is -0.666. The molecular weight excluding hydrogens is 245 g/mol. The largest absolute Gasteiger partial charge is 0.265 e. The van der Waals surface area contributed by atoms with E-state index >= 15 is 0 Å². The second-order valence-electron chi connectivity index (χ2n) is 2.85. The number of nitrogens with one attached hydrogen (secondary N) is 1. The number of halogens is 2. The van der Waals surface area contributed by atoms with Gasteiger partial charge in [0.1, 0.15) is 5.52 Å². The summed E-state index contributed by atoms with van der Waals surface area (Å²) in [7, 11) is -3.99. The topological polar surface area (TPSA) is 88.8 Å². The first-order valence-corrected chi connectivity index (χ1v) is 5.68. The van der Waals surface area contributed by atoms with Crippen molar-refractivity contribution in [3.63, 3.8) is 0 Å². The minimum Gasteiger partial charge on any atom is -0.265 e. The summed E-state index contributed by atoms with van der Waals surface area (Å²) in [6, 6.07) is 2.34. The second kappa shape index (κ2) is 3.16. The molecule has 0 fully saturated rings. The summed E-state index contributed by atoms with van der Waals surface area (Å²) < 4.78 is 35.4. The number of nitrogens with zero attached hydrogens (tertiary/aromatic N) is 1. The fraction of sp³-hybridized carbons (Fsp3) is 0. The minimum atomic E-state index is -3.99. The van der Waals surface area contributed by atoms with Crippen LogP contribution in [-0.2, 0) is 10.0 Å². The van der Waals surface area contributed by atoms with Crippen LogP contribution in [0.5, 0.6) is 0 Å². The highest BCUT2D eigenvalue weighted by atomic mass is 35.5. The Morgan fingerprint density at radius 3 is 2.73 bits per heavy atom. The minimum absolute atomic E-state index is 0.0285. The van der Waals surface area contributed by atoms with Gasteiger partial charge in [-0.1, -0.05) is 11.6 Å². The number of rotatable bonds is 1. The van der Waals surface area contributed by atoms with Crippen molar-refractivity contribution in [2.24, 2.45) is 5.14 Å². The molecule has 2 aromatic rings. The number of aromatic amines is 1. The van der Waals surface area contributed by atoms with E-state index in [4.69, 9.17) is 16.7 Å². The number of primary sulfonamides is 1. The Morgan fingerprint density at radius 1 is 1.47 bits per heavy atom. The van der Waals surface area contributed by atoms with Gasteiger partial charge in [0.25, 0.3) is 10.0 Å². The number of hydrogen-bond acceptors (Lipinski definition) is 3. The first-order chi connectivity index (χ1) is 6.91. The summed E-state index contributed by atoms with van der Waals surface area (Å²) in [5, 5.41) is 10.2. The monoisotopic (exact) mass is 249 g/mol. The molecule has 0 aliphatic carbocycles. The summed E-state index contributed by atoms with van der Waals surface area (Å²) in [6.45, 7) is 0. The van der Waals surface area contributed by atoms with Crippen LogP contribution in [0.4, 0.5) is 4.39 Å². The highest BCUT2D eigenvalue weighted by molar-refractivity contribution is 7.89. The third kappa shape index (κ3) is 1.58. The zero-order valence-electron chi connectivity index (χ0n) is 7.16. The zero-order chi connectivity index (χ0) is 11.2. The van der Waals surface area contributed by atoms with Crippen molar-refractivity contribution in [1.82, 2.24) is 10.2 Å². The van der Waals surface area contributed by atoms with Gasteiger partial charge < -0.3 is 0 Å². The van der Waals surface area contributed by atoms with Crippen molar-refractivity contribution >= 4 is 32.5 Å². The van der Waals surface area contributed by atoms with Gasteiger partial charge in [-0.3, -0.25) is 5.10 Å². The first kappa shape index (κ1) is 10.3. The van der Waals surface area contributed by atoms with Gasteiger partial charge in [0, 0.05) is 0 Å². The number of sulfonamides is 1. The van der Waals surface area contributed by atoms with Crippen LogP contribution in [0.1, 0.15) is 0 Å². The predicted molar refractivity (Wildman–Crippen MR) is 52.4 cm³/mol. The first-order valence-electron chi connectivity index (χ1n) is 3.76. The van der Waals surface area contributed by atoms with Crippen LogP contribution >= 0.6 is 11.6 Å². The molecule has 0 aliphatic heterocycles. The maximum atomic E-state index is 13.2. The molecule has 0 bridgehead atoms. The smallest absolute Gasteiger partial charge is 0.255 e. The van der Waals surface area contributed by atoms with Crippen molar-refractivity contribution in [2.45, 2.75) is 5.03 Å². The number of H-pyrrole nitrogens is 1. The average molecular weight is 250 g/mol. The van der Waals surface area contributed by atoms with E-state index < -0.39 is 15.8 Å². The molecule has 0 unspecified atom stereocenters. The van der Waals surface area contributed by atoms with Gasteiger partial charge in [0.05, 0.1) is 10.4 Å². The van der Waals surface area contributed by atoms with E-state index in [9.17, 15) is 12.8 Å². The molecule has 1 aromatic heterocycles. The van der Waals surface area contributed by atoms with E-state index in [0.717, 1.165) is 6.07 Å². The maximum absolute atomic E-state index is 13.2. The Labute approximate surface area is 89.1 Å². The Bertz CT molecular complexity index is 637. The van der Waals surface area contributed by atoms with Crippen molar-refractivity contribution in [2.75, 3.05) is 0 Å². The molecule has 0 spiro atoms. The number of nitrogens with two attached hydrogens (primary N) is 1. The molecule has 0 saturated heterocycles. The van der Waals surface area contributed by atoms with E-state index in [1.54, 1.807) is 0 Å². The molecule has 8 heteroatoms. The summed E-state index contributed by atoms with van der Waals surface area (Å²) in [4.78, 5) is 0. The molecule has 5 nitrogen and oxygen atoms in total. The average Bonchev–Trinajstić information content (AvgIpc) is 2.55. The van der Waals surface area contributed by atoms with E-state index in [1.807, 2.05) is 0 Å². The maximum Gasteiger partial charge on any atom is 0.255 e. The van der Waals surface area contributed by atoms with Crippen LogP contribution in [0, 0.1) is 5.82 Å². The van der Waals surface area contributed by atoms with Gasteiger partial charge in [-0.05, 0) is 12.1 Å². The van der Waals surface area contributed by atoms with Crippen molar-refractivity contribution in [1.29, 1.82) is 0 Å². The number of fused-ring (bicyclic) bond motifs is 1. The molecular formula is C7H5ClFN3O2S. The molecule has 3 N–H and O–H groups in total. The van der Waals surface area contributed by atoms with Crippen LogP contribution in [0.2, 0.25) is 5.02 Å². The van der Waals surface area contributed by atoms with E-state index in [1.165, 1.54) is 6.07 Å². The highest BCUT2D eigenvalue weighted by Crippen LogP contribution is 2.28. The Kier molecular flexibility index (Phi) is 2.18. The van der Waals surface area contributed by atoms with Crippen LogP contribution in [0.25, 0.3) is 10.9 Å². The van der Waals surface area contributed by atoms with Crippen LogP contribution in [-0.4, -0.2) is 18.6 Å². The molecule has 1 aromatic carbocycles. The number of aromatic nitrogens is 2. The predicted octanol–water partition coefficient (Wildman–Crippen LogP) is 1.00. The Morgan fingerprint density at radius 2 is 2.13 bits per heavy atom. The quantitative estimate of drug-likeness (QED) is 0.790. The van der Waals surface area contributed by atoms with Crippen molar-refractivity contribution < 1.29 is 12.8 Å². The third-order valence-electron chi connectivity index (χ3n) is 1.86. The fourth-order valence-electron chi connectivity index (χ4n) is 1.23. The van der Waals surface area contributed by atoms with Crippen LogP contribution in [0.15, 0.2) is 17.2 Å². The van der Waals surface area contributed by atoms with Crippen LogP contribution in [0.3, 0.4) is 0 Å². The van der Waals surface area contributed by atoms with Gasteiger partial charge in [-0.2, -0.15) is 5.10 Å². The molecule has 0 radical (unpaired) electrons. The molecule has 0 aliphatic rings.